The molecule has 1 aromatic carbocycles. The zero-order valence-electron chi connectivity index (χ0n) is 11.8. The Kier molecular flexibility index (Phi) is 4.81. The van der Waals surface area contributed by atoms with Gasteiger partial charge in [0.15, 0.2) is 0 Å². The molecule has 2 unspecified atom stereocenters. The van der Waals surface area contributed by atoms with Crippen molar-refractivity contribution in [1.29, 1.82) is 5.26 Å². The molecule has 0 bridgehead atoms. The quantitative estimate of drug-likeness (QED) is 0.882. The summed E-state index contributed by atoms with van der Waals surface area (Å²) in [7, 11) is 1.67. The first kappa shape index (κ1) is 13.9. The van der Waals surface area contributed by atoms with E-state index in [2.05, 4.69) is 18.3 Å². The van der Waals surface area contributed by atoms with Crippen molar-refractivity contribution in [2.75, 3.05) is 13.7 Å². The summed E-state index contributed by atoms with van der Waals surface area (Å²) in [6.07, 6.45) is 4.03. The van der Waals surface area contributed by atoms with Crippen molar-refractivity contribution in [3.05, 3.63) is 29.3 Å². The third kappa shape index (κ3) is 3.71. The molecular weight excluding hydrogens is 236 g/mol. The van der Waals surface area contributed by atoms with Crippen LogP contribution in [0, 0.1) is 23.2 Å². The first-order valence-corrected chi connectivity index (χ1v) is 7.00. The Morgan fingerprint density at radius 2 is 2.26 bits per heavy atom. The molecule has 0 aliphatic heterocycles. The molecule has 1 saturated carbocycles. The lowest BCUT2D eigenvalue weighted by Gasteiger charge is -2.13. The highest BCUT2D eigenvalue weighted by Gasteiger charge is 2.20. The first-order valence-electron chi connectivity index (χ1n) is 7.00. The standard InChI is InChI=1S/C16H22N2O/c1-12-3-4-14(7-12)10-18-11-15-8-13(9-17)5-6-16(15)19-2/h5-6,8,12,14,18H,3-4,7,10-11H2,1-2H3. The van der Waals surface area contributed by atoms with Crippen molar-refractivity contribution in [3.8, 4) is 11.8 Å². The van der Waals surface area contributed by atoms with E-state index in [1.54, 1.807) is 13.2 Å². The largest absolute Gasteiger partial charge is 0.496 e. The maximum Gasteiger partial charge on any atom is 0.123 e. The van der Waals surface area contributed by atoms with Gasteiger partial charge < -0.3 is 10.1 Å². The fraction of sp³-hybridized carbons (Fsp3) is 0.562. The van der Waals surface area contributed by atoms with Crippen molar-refractivity contribution < 1.29 is 4.74 Å². The minimum Gasteiger partial charge on any atom is -0.496 e. The van der Waals surface area contributed by atoms with Crippen molar-refractivity contribution >= 4 is 0 Å². The van der Waals surface area contributed by atoms with Crippen molar-refractivity contribution in [2.45, 2.75) is 32.7 Å². The van der Waals surface area contributed by atoms with E-state index < -0.39 is 0 Å². The molecule has 1 fully saturated rings. The number of benzene rings is 1. The summed E-state index contributed by atoms with van der Waals surface area (Å²) in [5.41, 5.74) is 1.75. The lowest BCUT2D eigenvalue weighted by atomic mass is 10.1. The SMILES string of the molecule is COc1ccc(C#N)cc1CNCC1CCC(C)C1. The van der Waals surface area contributed by atoms with Crippen LogP contribution in [0.5, 0.6) is 5.75 Å². The van der Waals surface area contributed by atoms with E-state index in [-0.39, 0.29) is 0 Å². The fourth-order valence-corrected chi connectivity index (χ4v) is 2.91. The van der Waals surface area contributed by atoms with E-state index in [0.29, 0.717) is 5.56 Å². The molecule has 0 radical (unpaired) electrons. The van der Waals surface area contributed by atoms with Gasteiger partial charge in [0.05, 0.1) is 18.7 Å². The molecule has 2 rings (SSSR count). The predicted octanol–water partition coefficient (Wildman–Crippen LogP) is 3.09. The third-order valence-corrected chi connectivity index (χ3v) is 3.96. The zero-order chi connectivity index (χ0) is 13.7. The van der Waals surface area contributed by atoms with E-state index in [4.69, 9.17) is 10.00 Å². The Morgan fingerprint density at radius 3 is 2.89 bits per heavy atom. The molecule has 102 valence electrons. The Hall–Kier alpha value is -1.53. The van der Waals surface area contributed by atoms with Crippen LogP contribution in [-0.2, 0) is 6.54 Å². The second-order valence-corrected chi connectivity index (χ2v) is 5.55. The van der Waals surface area contributed by atoms with Crippen LogP contribution in [0.2, 0.25) is 0 Å². The van der Waals surface area contributed by atoms with Gasteiger partial charge in [0.1, 0.15) is 5.75 Å². The van der Waals surface area contributed by atoms with Gasteiger partial charge in [0.2, 0.25) is 0 Å². The topological polar surface area (TPSA) is 45.0 Å². The molecule has 1 aliphatic carbocycles. The van der Waals surface area contributed by atoms with Crippen LogP contribution in [0.3, 0.4) is 0 Å². The summed E-state index contributed by atoms with van der Waals surface area (Å²) in [6, 6.07) is 7.74. The van der Waals surface area contributed by atoms with Crippen LogP contribution in [0.15, 0.2) is 18.2 Å². The minimum absolute atomic E-state index is 0.687. The summed E-state index contributed by atoms with van der Waals surface area (Å²) >= 11 is 0. The van der Waals surface area contributed by atoms with Crippen LogP contribution in [0.1, 0.15) is 37.3 Å². The van der Waals surface area contributed by atoms with Gasteiger partial charge in [-0.05, 0) is 49.4 Å². The number of methoxy groups -OCH3 is 1. The minimum atomic E-state index is 0.687. The van der Waals surface area contributed by atoms with Gasteiger partial charge >= 0.3 is 0 Å². The van der Waals surface area contributed by atoms with Gasteiger partial charge in [-0.25, -0.2) is 0 Å². The molecule has 3 heteroatoms. The maximum absolute atomic E-state index is 8.94. The molecule has 1 aliphatic rings. The van der Waals surface area contributed by atoms with Crippen LogP contribution in [0.4, 0.5) is 0 Å². The molecule has 1 N–H and O–H groups in total. The number of nitrogens with one attached hydrogen (secondary N) is 1. The summed E-state index contributed by atoms with van der Waals surface area (Å²) in [5.74, 6) is 2.54. The summed E-state index contributed by atoms with van der Waals surface area (Å²) in [5, 5.41) is 12.4. The number of hydrogen-bond donors (Lipinski definition) is 1. The number of nitriles is 1. The van der Waals surface area contributed by atoms with Gasteiger partial charge in [-0.1, -0.05) is 13.3 Å². The van der Waals surface area contributed by atoms with E-state index in [0.717, 1.165) is 36.2 Å². The summed E-state index contributed by atoms with van der Waals surface area (Å²) < 4.78 is 5.34. The second-order valence-electron chi connectivity index (χ2n) is 5.55. The Bertz CT molecular complexity index is 464. The molecule has 0 aromatic heterocycles. The van der Waals surface area contributed by atoms with Crippen LogP contribution < -0.4 is 10.1 Å². The summed E-state index contributed by atoms with van der Waals surface area (Å²) in [4.78, 5) is 0. The monoisotopic (exact) mass is 258 g/mol. The molecule has 19 heavy (non-hydrogen) atoms. The van der Waals surface area contributed by atoms with Gasteiger partial charge in [-0.3, -0.25) is 0 Å². The molecule has 2 atom stereocenters. The number of nitrogens with zero attached hydrogens (tertiary/aromatic N) is 1. The van der Waals surface area contributed by atoms with E-state index >= 15 is 0 Å². The Labute approximate surface area is 115 Å². The molecule has 0 heterocycles. The summed E-state index contributed by atoms with van der Waals surface area (Å²) in [6.45, 7) is 4.16. The number of hydrogen-bond acceptors (Lipinski definition) is 3. The maximum atomic E-state index is 8.94. The van der Waals surface area contributed by atoms with Crippen LogP contribution >= 0.6 is 0 Å². The van der Waals surface area contributed by atoms with E-state index in [1.165, 1.54) is 19.3 Å². The third-order valence-electron chi connectivity index (χ3n) is 3.96. The van der Waals surface area contributed by atoms with Gasteiger partial charge in [0.25, 0.3) is 0 Å². The highest BCUT2D eigenvalue weighted by atomic mass is 16.5. The normalized spacial score (nSPS) is 22.2. The molecule has 0 saturated heterocycles. The first-order chi connectivity index (χ1) is 9.22. The highest BCUT2D eigenvalue weighted by Crippen LogP contribution is 2.29. The highest BCUT2D eigenvalue weighted by molar-refractivity contribution is 5.41. The van der Waals surface area contributed by atoms with Crippen LogP contribution in [0.25, 0.3) is 0 Å². The second kappa shape index (κ2) is 6.58. The lowest BCUT2D eigenvalue weighted by molar-refractivity contribution is 0.404. The smallest absolute Gasteiger partial charge is 0.123 e. The predicted molar refractivity (Wildman–Crippen MR) is 75.9 cm³/mol. The average Bonchev–Trinajstić information content (AvgIpc) is 2.84. The molecular formula is C16H22N2O. The van der Waals surface area contributed by atoms with Crippen molar-refractivity contribution in [1.82, 2.24) is 5.32 Å². The lowest BCUT2D eigenvalue weighted by Crippen LogP contribution is -2.21. The van der Waals surface area contributed by atoms with Crippen LogP contribution in [-0.4, -0.2) is 13.7 Å². The number of rotatable bonds is 5. The molecule has 1 aromatic rings. The number of ether oxygens (including phenoxy) is 1. The molecule has 3 nitrogen and oxygen atoms in total. The molecule has 0 spiro atoms. The van der Waals surface area contributed by atoms with Gasteiger partial charge in [-0.15, -0.1) is 0 Å². The molecule has 0 amide bonds. The van der Waals surface area contributed by atoms with Gasteiger partial charge in [-0.2, -0.15) is 5.26 Å². The fourth-order valence-electron chi connectivity index (χ4n) is 2.91. The van der Waals surface area contributed by atoms with Crippen molar-refractivity contribution in [2.24, 2.45) is 11.8 Å². The average molecular weight is 258 g/mol. The van der Waals surface area contributed by atoms with E-state index in [9.17, 15) is 0 Å². The Morgan fingerprint density at radius 1 is 1.42 bits per heavy atom. The van der Waals surface area contributed by atoms with E-state index in [1.807, 2.05) is 12.1 Å². The van der Waals surface area contributed by atoms with Crippen molar-refractivity contribution in [3.63, 3.8) is 0 Å². The Balaban J connectivity index is 1.89. The van der Waals surface area contributed by atoms with Gasteiger partial charge in [0, 0.05) is 12.1 Å². The zero-order valence-corrected chi connectivity index (χ0v) is 11.8.